The lowest BCUT2D eigenvalue weighted by atomic mass is 10.1. The van der Waals surface area contributed by atoms with Crippen LogP contribution in [0.5, 0.6) is 0 Å². The molecule has 21 heavy (non-hydrogen) atoms. The van der Waals surface area contributed by atoms with Crippen molar-refractivity contribution in [3.63, 3.8) is 0 Å². The highest BCUT2D eigenvalue weighted by atomic mass is 16.6. The van der Waals surface area contributed by atoms with Crippen molar-refractivity contribution in [2.45, 2.75) is 25.8 Å². The second-order valence-corrected chi connectivity index (χ2v) is 5.18. The predicted molar refractivity (Wildman–Crippen MR) is 80.1 cm³/mol. The van der Waals surface area contributed by atoms with Crippen molar-refractivity contribution < 1.29 is 9.72 Å². The van der Waals surface area contributed by atoms with Crippen LogP contribution in [0.3, 0.4) is 0 Å². The molecule has 0 saturated carbocycles. The highest BCUT2D eigenvalue weighted by Crippen LogP contribution is 2.24. The molecule has 1 fully saturated rings. The van der Waals surface area contributed by atoms with Gasteiger partial charge in [0, 0.05) is 30.8 Å². The topological polar surface area (TPSA) is 102 Å². The second-order valence-electron chi connectivity index (χ2n) is 5.18. The minimum Gasteiger partial charge on any atom is -0.393 e. The van der Waals surface area contributed by atoms with Crippen LogP contribution in [0.25, 0.3) is 0 Å². The number of nitrogens with one attached hydrogen (secondary N) is 1. The molecule has 0 bridgehead atoms. The Hall–Kier alpha value is -2.15. The molecule has 1 aromatic rings. The molecule has 0 aliphatic carbocycles. The van der Waals surface area contributed by atoms with Crippen LogP contribution in [-0.2, 0) is 0 Å². The molecule has 1 atom stereocenters. The zero-order valence-corrected chi connectivity index (χ0v) is 12.0. The third-order valence-electron chi connectivity index (χ3n) is 3.67. The van der Waals surface area contributed by atoms with Crippen molar-refractivity contribution in [3.05, 3.63) is 33.9 Å². The Morgan fingerprint density at radius 3 is 2.90 bits per heavy atom. The number of amides is 1. The molecule has 1 aliphatic heterocycles. The third kappa shape index (κ3) is 3.30. The Labute approximate surface area is 123 Å². The smallest absolute Gasteiger partial charge is 0.292 e. The molecule has 1 unspecified atom stereocenters. The van der Waals surface area contributed by atoms with Gasteiger partial charge in [-0.15, -0.1) is 0 Å². The van der Waals surface area contributed by atoms with E-state index >= 15 is 0 Å². The van der Waals surface area contributed by atoms with Gasteiger partial charge in [0.15, 0.2) is 0 Å². The summed E-state index contributed by atoms with van der Waals surface area (Å²) in [5.74, 6) is -0.173. The van der Waals surface area contributed by atoms with Gasteiger partial charge in [-0.25, -0.2) is 0 Å². The first-order chi connectivity index (χ1) is 10.0. The monoisotopic (exact) mass is 292 g/mol. The summed E-state index contributed by atoms with van der Waals surface area (Å²) in [6.45, 7) is 4.31. The summed E-state index contributed by atoms with van der Waals surface area (Å²) in [7, 11) is 0. The number of nitrogens with two attached hydrogens (primary N) is 1. The van der Waals surface area contributed by atoms with Crippen LogP contribution in [-0.4, -0.2) is 41.4 Å². The first-order valence-corrected chi connectivity index (χ1v) is 7.10. The van der Waals surface area contributed by atoms with Crippen molar-refractivity contribution in [2.75, 3.05) is 25.4 Å². The van der Waals surface area contributed by atoms with Crippen LogP contribution < -0.4 is 11.1 Å². The van der Waals surface area contributed by atoms with Gasteiger partial charge in [-0.1, -0.05) is 6.92 Å². The summed E-state index contributed by atoms with van der Waals surface area (Å²) in [4.78, 5) is 24.8. The fraction of sp³-hybridized carbons (Fsp3) is 0.500. The standard InChI is InChI=1S/C14H20N4O3/c1-2-7-17(11-5-6-16-9-11)14(19)10-3-4-12(15)13(8-10)18(20)21/h3-4,8,11,16H,2,5-7,9,15H2,1H3. The van der Waals surface area contributed by atoms with E-state index in [4.69, 9.17) is 5.73 Å². The van der Waals surface area contributed by atoms with Crippen molar-refractivity contribution in [1.29, 1.82) is 0 Å². The number of anilines is 1. The molecule has 114 valence electrons. The molecule has 1 aromatic carbocycles. The quantitative estimate of drug-likeness (QED) is 0.485. The Morgan fingerprint density at radius 2 is 2.33 bits per heavy atom. The zero-order valence-electron chi connectivity index (χ0n) is 12.0. The number of hydrogen-bond acceptors (Lipinski definition) is 5. The Balaban J connectivity index is 2.27. The van der Waals surface area contributed by atoms with Gasteiger partial charge in [0.2, 0.25) is 0 Å². The maximum Gasteiger partial charge on any atom is 0.292 e. The highest BCUT2D eigenvalue weighted by molar-refractivity contribution is 5.96. The molecule has 2 rings (SSSR count). The normalized spacial score (nSPS) is 17.7. The molecular weight excluding hydrogens is 272 g/mol. The second kappa shape index (κ2) is 6.53. The molecule has 3 N–H and O–H groups in total. The fourth-order valence-electron chi connectivity index (χ4n) is 2.60. The van der Waals surface area contributed by atoms with Crippen LogP contribution in [0, 0.1) is 10.1 Å². The number of rotatable bonds is 5. The van der Waals surface area contributed by atoms with E-state index in [0.717, 1.165) is 25.9 Å². The Bertz CT molecular complexity index is 541. The van der Waals surface area contributed by atoms with E-state index in [0.29, 0.717) is 12.1 Å². The summed E-state index contributed by atoms with van der Waals surface area (Å²) in [5, 5.41) is 14.2. The minimum atomic E-state index is -0.562. The molecule has 1 amide bonds. The molecule has 0 radical (unpaired) electrons. The zero-order chi connectivity index (χ0) is 15.4. The van der Waals surface area contributed by atoms with Gasteiger partial charge in [0.25, 0.3) is 11.6 Å². The number of carbonyl (C=O) groups is 1. The van der Waals surface area contributed by atoms with E-state index in [1.165, 1.54) is 12.1 Å². The minimum absolute atomic E-state index is 0.0705. The average molecular weight is 292 g/mol. The third-order valence-corrected chi connectivity index (χ3v) is 3.67. The van der Waals surface area contributed by atoms with E-state index in [9.17, 15) is 14.9 Å². The molecule has 0 aromatic heterocycles. The molecule has 1 aliphatic rings. The van der Waals surface area contributed by atoms with Crippen LogP contribution in [0.1, 0.15) is 30.1 Å². The summed E-state index contributed by atoms with van der Waals surface area (Å²) in [6.07, 6.45) is 1.75. The lowest BCUT2D eigenvalue weighted by molar-refractivity contribution is -0.383. The molecule has 1 heterocycles. The molecular formula is C14H20N4O3. The lowest BCUT2D eigenvalue weighted by Gasteiger charge is -2.28. The number of nitro groups is 1. The number of nitro benzene ring substituents is 1. The summed E-state index contributed by atoms with van der Waals surface area (Å²) in [5.41, 5.74) is 5.74. The van der Waals surface area contributed by atoms with Gasteiger partial charge in [-0.05, 0) is 31.5 Å². The van der Waals surface area contributed by atoms with E-state index in [1.807, 2.05) is 6.92 Å². The van der Waals surface area contributed by atoms with E-state index in [2.05, 4.69) is 5.32 Å². The number of carbonyl (C=O) groups excluding carboxylic acids is 1. The SMILES string of the molecule is CCCN(C(=O)c1ccc(N)c([N+](=O)[O-])c1)C1CCNC1. The molecule has 7 heteroatoms. The summed E-state index contributed by atoms with van der Waals surface area (Å²) in [6, 6.07) is 4.38. The summed E-state index contributed by atoms with van der Waals surface area (Å²) >= 11 is 0. The predicted octanol–water partition coefficient (Wildman–Crippen LogP) is 1.39. The van der Waals surface area contributed by atoms with Gasteiger partial charge < -0.3 is 16.0 Å². The number of hydrogen-bond donors (Lipinski definition) is 2. The van der Waals surface area contributed by atoms with Gasteiger partial charge in [0.1, 0.15) is 5.69 Å². The number of nitrogens with zero attached hydrogens (tertiary/aromatic N) is 2. The van der Waals surface area contributed by atoms with Crippen molar-refractivity contribution in [1.82, 2.24) is 10.2 Å². The van der Waals surface area contributed by atoms with Crippen molar-refractivity contribution in [2.24, 2.45) is 0 Å². The van der Waals surface area contributed by atoms with Crippen LogP contribution >= 0.6 is 0 Å². The van der Waals surface area contributed by atoms with Gasteiger partial charge >= 0.3 is 0 Å². The van der Waals surface area contributed by atoms with Gasteiger partial charge in [0.05, 0.1) is 4.92 Å². The van der Waals surface area contributed by atoms with Crippen LogP contribution in [0.4, 0.5) is 11.4 Å². The van der Waals surface area contributed by atoms with E-state index in [-0.39, 0.29) is 23.3 Å². The first-order valence-electron chi connectivity index (χ1n) is 7.10. The van der Waals surface area contributed by atoms with Gasteiger partial charge in [-0.3, -0.25) is 14.9 Å². The molecule has 7 nitrogen and oxygen atoms in total. The largest absolute Gasteiger partial charge is 0.393 e. The van der Waals surface area contributed by atoms with E-state index < -0.39 is 4.92 Å². The van der Waals surface area contributed by atoms with Crippen molar-refractivity contribution in [3.8, 4) is 0 Å². The maximum absolute atomic E-state index is 12.6. The molecule has 0 spiro atoms. The summed E-state index contributed by atoms with van der Waals surface area (Å²) < 4.78 is 0. The number of benzene rings is 1. The lowest BCUT2D eigenvalue weighted by Crippen LogP contribution is -2.42. The van der Waals surface area contributed by atoms with E-state index in [1.54, 1.807) is 11.0 Å². The fourth-order valence-corrected chi connectivity index (χ4v) is 2.60. The average Bonchev–Trinajstić information content (AvgIpc) is 2.98. The molecule has 1 saturated heterocycles. The Kier molecular flexibility index (Phi) is 4.74. The first kappa shape index (κ1) is 15.2. The Morgan fingerprint density at radius 1 is 1.57 bits per heavy atom. The van der Waals surface area contributed by atoms with Crippen molar-refractivity contribution >= 4 is 17.3 Å². The number of nitrogen functional groups attached to an aromatic ring is 1. The maximum atomic E-state index is 12.6. The van der Waals surface area contributed by atoms with Gasteiger partial charge in [-0.2, -0.15) is 0 Å². The van der Waals surface area contributed by atoms with Crippen LogP contribution in [0.15, 0.2) is 18.2 Å². The highest BCUT2D eigenvalue weighted by Gasteiger charge is 2.27. The van der Waals surface area contributed by atoms with Crippen LogP contribution in [0.2, 0.25) is 0 Å².